The monoisotopic (exact) mass is 295 g/mol. The molecule has 0 aromatic heterocycles. The normalized spacial score (nSPS) is 11.7. The SMILES string of the molecule is COCCOCC(=O)N[C@@H](Cc1ccccc1)C(=O)OC. The van der Waals surface area contributed by atoms with Crippen molar-refractivity contribution in [3.8, 4) is 0 Å². The zero-order valence-corrected chi connectivity index (χ0v) is 12.3. The maximum atomic E-state index is 11.7. The number of benzene rings is 1. The lowest BCUT2D eigenvalue weighted by molar-refractivity contribution is -0.145. The van der Waals surface area contributed by atoms with Gasteiger partial charge in [0, 0.05) is 13.5 Å². The van der Waals surface area contributed by atoms with Gasteiger partial charge in [0.1, 0.15) is 12.6 Å². The largest absolute Gasteiger partial charge is 0.467 e. The van der Waals surface area contributed by atoms with E-state index in [0.717, 1.165) is 5.56 Å². The summed E-state index contributed by atoms with van der Waals surface area (Å²) < 4.78 is 14.6. The van der Waals surface area contributed by atoms with Crippen LogP contribution in [0.4, 0.5) is 0 Å². The molecule has 1 rings (SSSR count). The molecule has 6 nitrogen and oxygen atoms in total. The van der Waals surface area contributed by atoms with Crippen LogP contribution in [0.5, 0.6) is 0 Å². The maximum Gasteiger partial charge on any atom is 0.328 e. The summed E-state index contributed by atoms with van der Waals surface area (Å²) in [6.07, 6.45) is 0.372. The van der Waals surface area contributed by atoms with E-state index in [4.69, 9.17) is 14.2 Å². The van der Waals surface area contributed by atoms with Crippen molar-refractivity contribution in [1.82, 2.24) is 5.32 Å². The van der Waals surface area contributed by atoms with Crippen molar-refractivity contribution in [3.05, 3.63) is 35.9 Å². The molecule has 0 spiro atoms. The standard InChI is InChI=1S/C15H21NO5/c1-19-8-9-21-11-14(17)16-13(15(18)20-2)10-12-6-4-3-5-7-12/h3-7,13H,8-11H2,1-2H3,(H,16,17)/t13-/m0/s1. The molecule has 1 amide bonds. The van der Waals surface area contributed by atoms with Crippen LogP contribution in [0.15, 0.2) is 30.3 Å². The minimum atomic E-state index is -0.726. The van der Waals surface area contributed by atoms with Gasteiger partial charge in [0.15, 0.2) is 0 Å². The topological polar surface area (TPSA) is 73.9 Å². The molecular formula is C15H21NO5. The number of rotatable bonds is 9. The Morgan fingerprint density at radius 3 is 2.48 bits per heavy atom. The summed E-state index contributed by atoms with van der Waals surface area (Å²) in [7, 11) is 2.85. The number of carbonyl (C=O) groups is 2. The molecule has 0 saturated heterocycles. The molecule has 6 heteroatoms. The highest BCUT2D eigenvalue weighted by Crippen LogP contribution is 2.04. The zero-order chi connectivity index (χ0) is 15.5. The number of nitrogens with one attached hydrogen (secondary N) is 1. The fourth-order valence-corrected chi connectivity index (χ4v) is 1.73. The van der Waals surface area contributed by atoms with E-state index in [1.807, 2.05) is 30.3 Å². The molecule has 0 heterocycles. The fourth-order valence-electron chi connectivity index (χ4n) is 1.73. The molecule has 0 fully saturated rings. The van der Waals surface area contributed by atoms with Crippen LogP contribution in [-0.4, -0.2) is 52.0 Å². The van der Waals surface area contributed by atoms with Crippen molar-refractivity contribution in [3.63, 3.8) is 0 Å². The Kier molecular flexibility index (Phi) is 8.08. The molecule has 0 aliphatic heterocycles. The Balaban J connectivity index is 2.50. The van der Waals surface area contributed by atoms with Gasteiger partial charge in [-0.05, 0) is 5.56 Å². The van der Waals surface area contributed by atoms with Gasteiger partial charge in [-0.15, -0.1) is 0 Å². The Bertz CT molecular complexity index is 435. The van der Waals surface area contributed by atoms with Gasteiger partial charge >= 0.3 is 5.97 Å². The average molecular weight is 295 g/mol. The summed E-state index contributed by atoms with van der Waals surface area (Å²) >= 11 is 0. The summed E-state index contributed by atoms with van der Waals surface area (Å²) in [5.41, 5.74) is 0.938. The second-order valence-corrected chi connectivity index (χ2v) is 4.38. The average Bonchev–Trinajstić information content (AvgIpc) is 2.51. The van der Waals surface area contributed by atoms with Gasteiger partial charge in [-0.2, -0.15) is 0 Å². The van der Waals surface area contributed by atoms with E-state index in [2.05, 4.69) is 5.32 Å². The molecular weight excluding hydrogens is 274 g/mol. The van der Waals surface area contributed by atoms with Gasteiger partial charge in [0.2, 0.25) is 5.91 Å². The molecule has 21 heavy (non-hydrogen) atoms. The highest BCUT2D eigenvalue weighted by molar-refractivity contribution is 5.85. The Hall–Kier alpha value is -1.92. The second-order valence-electron chi connectivity index (χ2n) is 4.38. The molecule has 0 radical (unpaired) electrons. The van der Waals surface area contributed by atoms with Crippen LogP contribution in [0.1, 0.15) is 5.56 Å². The molecule has 1 aromatic carbocycles. The van der Waals surface area contributed by atoms with Gasteiger partial charge in [0.05, 0.1) is 20.3 Å². The van der Waals surface area contributed by atoms with E-state index in [0.29, 0.717) is 19.6 Å². The van der Waals surface area contributed by atoms with Gasteiger partial charge in [-0.1, -0.05) is 30.3 Å². The van der Waals surface area contributed by atoms with E-state index < -0.39 is 12.0 Å². The Morgan fingerprint density at radius 1 is 1.14 bits per heavy atom. The van der Waals surface area contributed by atoms with Crippen molar-refractivity contribution < 1.29 is 23.8 Å². The van der Waals surface area contributed by atoms with E-state index in [9.17, 15) is 9.59 Å². The minimum absolute atomic E-state index is 0.119. The number of esters is 1. The predicted molar refractivity (Wildman–Crippen MR) is 76.8 cm³/mol. The lowest BCUT2D eigenvalue weighted by Gasteiger charge is -2.16. The second kappa shape index (κ2) is 9.90. The first kappa shape index (κ1) is 17.1. The lowest BCUT2D eigenvalue weighted by atomic mass is 10.1. The lowest BCUT2D eigenvalue weighted by Crippen LogP contribution is -2.44. The predicted octanol–water partition coefficient (Wildman–Crippen LogP) is 0.550. The molecule has 0 bridgehead atoms. The maximum absolute atomic E-state index is 11.7. The first-order valence-corrected chi connectivity index (χ1v) is 6.65. The summed E-state index contributed by atoms with van der Waals surface area (Å²) in [6, 6.07) is 8.68. The van der Waals surface area contributed by atoms with E-state index in [1.165, 1.54) is 7.11 Å². The fraction of sp³-hybridized carbons (Fsp3) is 0.467. The molecule has 0 unspecified atom stereocenters. The number of hydrogen-bond donors (Lipinski definition) is 1. The van der Waals surface area contributed by atoms with Gasteiger partial charge < -0.3 is 19.5 Å². The van der Waals surface area contributed by atoms with E-state index in [1.54, 1.807) is 7.11 Å². The number of hydrogen-bond acceptors (Lipinski definition) is 5. The van der Waals surface area contributed by atoms with Crippen LogP contribution >= 0.6 is 0 Å². The number of methoxy groups -OCH3 is 2. The third-order valence-corrected chi connectivity index (χ3v) is 2.77. The number of carbonyl (C=O) groups excluding carboxylic acids is 2. The summed E-state index contributed by atoms with van der Waals surface area (Å²) in [5.74, 6) is -0.846. The van der Waals surface area contributed by atoms with Crippen molar-refractivity contribution >= 4 is 11.9 Å². The summed E-state index contributed by atoms with van der Waals surface area (Å²) in [6.45, 7) is 0.620. The van der Waals surface area contributed by atoms with Crippen molar-refractivity contribution in [2.45, 2.75) is 12.5 Å². The zero-order valence-electron chi connectivity index (χ0n) is 12.3. The third-order valence-electron chi connectivity index (χ3n) is 2.77. The first-order valence-electron chi connectivity index (χ1n) is 6.65. The number of ether oxygens (including phenoxy) is 3. The van der Waals surface area contributed by atoms with Gasteiger partial charge in [-0.25, -0.2) is 4.79 Å². The van der Waals surface area contributed by atoms with Crippen molar-refractivity contribution in [2.75, 3.05) is 34.0 Å². The van der Waals surface area contributed by atoms with Crippen LogP contribution in [0.3, 0.4) is 0 Å². The third kappa shape index (κ3) is 6.87. The Labute approximate surface area is 124 Å². The summed E-state index contributed by atoms with van der Waals surface area (Å²) in [4.78, 5) is 23.5. The first-order chi connectivity index (χ1) is 10.2. The van der Waals surface area contributed by atoms with Crippen LogP contribution in [0.25, 0.3) is 0 Å². The van der Waals surface area contributed by atoms with E-state index >= 15 is 0 Å². The van der Waals surface area contributed by atoms with E-state index in [-0.39, 0.29) is 12.5 Å². The van der Waals surface area contributed by atoms with Crippen LogP contribution in [0.2, 0.25) is 0 Å². The smallest absolute Gasteiger partial charge is 0.328 e. The van der Waals surface area contributed by atoms with Crippen LogP contribution < -0.4 is 5.32 Å². The van der Waals surface area contributed by atoms with Crippen LogP contribution in [-0.2, 0) is 30.2 Å². The molecule has 0 aliphatic rings. The van der Waals surface area contributed by atoms with Crippen LogP contribution in [0, 0.1) is 0 Å². The molecule has 0 aliphatic carbocycles. The molecule has 116 valence electrons. The summed E-state index contributed by atoms with van der Waals surface area (Å²) in [5, 5.41) is 2.61. The molecule has 1 N–H and O–H groups in total. The quantitative estimate of drug-likeness (QED) is 0.532. The minimum Gasteiger partial charge on any atom is -0.467 e. The highest BCUT2D eigenvalue weighted by atomic mass is 16.5. The number of amides is 1. The Morgan fingerprint density at radius 2 is 1.86 bits per heavy atom. The highest BCUT2D eigenvalue weighted by Gasteiger charge is 2.21. The van der Waals surface area contributed by atoms with Gasteiger partial charge in [-0.3, -0.25) is 4.79 Å². The van der Waals surface area contributed by atoms with Gasteiger partial charge in [0.25, 0.3) is 0 Å². The van der Waals surface area contributed by atoms with Crippen molar-refractivity contribution in [2.24, 2.45) is 0 Å². The molecule has 0 saturated carbocycles. The molecule has 1 atom stereocenters. The molecule has 1 aromatic rings. The van der Waals surface area contributed by atoms with Crippen molar-refractivity contribution in [1.29, 1.82) is 0 Å².